The van der Waals surface area contributed by atoms with Crippen LogP contribution in [0.25, 0.3) is 0 Å². The van der Waals surface area contributed by atoms with E-state index in [0.717, 1.165) is 17.9 Å². The maximum Gasteiger partial charge on any atom is 0.231 e. The standard InChI is InChI=1S/C18H19NO3/c1-19-14-6-4-3-5-13(14)17(20-2)10-15(19)12-7-8-16-18(9-12)22-11-21-16/h3-9,15,17H,10-11H2,1-2H3/p+1/t15?,17-/m0/s1. The van der Waals surface area contributed by atoms with E-state index >= 15 is 0 Å². The van der Waals surface area contributed by atoms with Crippen LogP contribution >= 0.6 is 0 Å². The Hall–Kier alpha value is -2.04. The molecule has 4 rings (SSSR count). The Labute approximate surface area is 130 Å². The summed E-state index contributed by atoms with van der Waals surface area (Å²) in [5.74, 6) is 1.68. The Bertz CT molecular complexity index is 700. The van der Waals surface area contributed by atoms with Gasteiger partial charge in [-0.1, -0.05) is 18.2 Å². The van der Waals surface area contributed by atoms with Crippen molar-refractivity contribution in [1.29, 1.82) is 0 Å². The predicted molar refractivity (Wildman–Crippen MR) is 82.7 cm³/mol. The average Bonchev–Trinajstić information content (AvgIpc) is 3.03. The minimum atomic E-state index is 0.135. The molecule has 2 unspecified atom stereocenters. The number of quaternary nitrogens is 1. The topological polar surface area (TPSA) is 32.1 Å². The van der Waals surface area contributed by atoms with Crippen molar-refractivity contribution in [1.82, 2.24) is 0 Å². The number of benzene rings is 2. The van der Waals surface area contributed by atoms with Crippen LogP contribution in [0.1, 0.15) is 29.7 Å². The van der Waals surface area contributed by atoms with Crippen molar-refractivity contribution in [3.8, 4) is 11.5 Å². The zero-order valence-corrected chi connectivity index (χ0v) is 12.8. The summed E-state index contributed by atoms with van der Waals surface area (Å²) in [7, 11) is 4.01. The van der Waals surface area contributed by atoms with Crippen molar-refractivity contribution in [3.63, 3.8) is 0 Å². The van der Waals surface area contributed by atoms with Crippen LogP contribution in [0.15, 0.2) is 42.5 Å². The smallest absolute Gasteiger partial charge is 0.231 e. The van der Waals surface area contributed by atoms with Crippen LogP contribution in [0.4, 0.5) is 5.69 Å². The Kier molecular flexibility index (Phi) is 3.28. The molecule has 2 aliphatic rings. The van der Waals surface area contributed by atoms with Crippen LogP contribution < -0.4 is 14.4 Å². The molecule has 2 heterocycles. The fourth-order valence-corrected chi connectivity index (χ4v) is 3.58. The van der Waals surface area contributed by atoms with Crippen LogP contribution in [-0.2, 0) is 4.74 Å². The largest absolute Gasteiger partial charge is 0.454 e. The molecule has 3 atom stereocenters. The van der Waals surface area contributed by atoms with Gasteiger partial charge in [-0.2, -0.15) is 0 Å². The molecule has 4 nitrogen and oxygen atoms in total. The minimum Gasteiger partial charge on any atom is -0.454 e. The molecule has 0 saturated heterocycles. The third-order valence-electron chi connectivity index (χ3n) is 4.79. The molecule has 4 heteroatoms. The van der Waals surface area contributed by atoms with Gasteiger partial charge in [0.05, 0.1) is 13.2 Å². The van der Waals surface area contributed by atoms with E-state index in [1.54, 1.807) is 7.11 Å². The molecule has 2 aromatic rings. The maximum atomic E-state index is 5.74. The van der Waals surface area contributed by atoms with Gasteiger partial charge in [-0.15, -0.1) is 0 Å². The summed E-state index contributed by atoms with van der Waals surface area (Å²) >= 11 is 0. The van der Waals surface area contributed by atoms with Crippen LogP contribution in [0.3, 0.4) is 0 Å². The van der Waals surface area contributed by atoms with Crippen LogP contribution in [0.5, 0.6) is 11.5 Å². The lowest BCUT2D eigenvalue weighted by Crippen LogP contribution is -3.05. The van der Waals surface area contributed by atoms with Gasteiger partial charge in [0.25, 0.3) is 0 Å². The van der Waals surface area contributed by atoms with Crippen LogP contribution in [-0.4, -0.2) is 21.0 Å². The summed E-state index contributed by atoms with van der Waals surface area (Å²) in [6, 6.07) is 15.1. The van der Waals surface area contributed by atoms with Gasteiger partial charge < -0.3 is 14.2 Å². The molecular formula is C18H20NO3+. The van der Waals surface area contributed by atoms with Gasteiger partial charge in [-0.25, -0.2) is 0 Å². The van der Waals surface area contributed by atoms with E-state index in [1.165, 1.54) is 21.7 Å². The Morgan fingerprint density at radius 2 is 1.91 bits per heavy atom. The van der Waals surface area contributed by atoms with E-state index < -0.39 is 0 Å². The first-order chi connectivity index (χ1) is 10.8. The quantitative estimate of drug-likeness (QED) is 0.924. The number of nitrogens with one attached hydrogen (secondary N) is 1. The fraction of sp³-hybridized carbons (Fsp3) is 0.333. The number of ether oxygens (including phenoxy) is 3. The van der Waals surface area contributed by atoms with E-state index in [2.05, 4.69) is 43.4 Å². The molecule has 114 valence electrons. The Morgan fingerprint density at radius 1 is 1.09 bits per heavy atom. The third-order valence-corrected chi connectivity index (χ3v) is 4.79. The molecule has 0 saturated carbocycles. The fourth-order valence-electron chi connectivity index (χ4n) is 3.58. The van der Waals surface area contributed by atoms with Crippen molar-refractivity contribution in [3.05, 3.63) is 53.6 Å². The molecule has 0 aromatic heterocycles. The third kappa shape index (κ3) is 2.07. The molecule has 0 fully saturated rings. The van der Waals surface area contributed by atoms with Crippen molar-refractivity contribution >= 4 is 5.69 Å². The Balaban J connectivity index is 1.74. The molecule has 1 N–H and O–H groups in total. The van der Waals surface area contributed by atoms with Crippen LogP contribution in [0, 0.1) is 0 Å². The lowest BCUT2D eigenvalue weighted by molar-refractivity contribution is -0.850. The highest BCUT2D eigenvalue weighted by Crippen LogP contribution is 2.39. The lowest BCUT2D eigenvalue weighted by atomic mass is 9.89. The number of para-hydroxylation sites is 1. The summed E-state index contributed by atoms with van der Waals surface area (Å²) in [6.07, 6.45) is 1.09. The molecule has 22 heavy (non-hydrogen) atoms. The van der Waals surface area contributed by atoms with Gasteiger partial charge in [0.2, 0.25) is 6.79 Å². The summed E-state index contributed by atoms with van der Waals surface area (Å²) in [6.45, 7) is 0.315. The van der Waals surface area contributed by atoms with Crippen molar-refractivity contribution in [2.24, 2.45) is 0 Å². The molecule has 0 bridgehead atoms. The van der Waals surface area contributed by atoms with Gasteiger partial charge in [0, 0.05) is 24.7 Å². The molecular weight excluding hydrogens is 278 g/mol. The van der Waals surface area contributed by atoms with Crippen molar-refractivity contribution in [2.75, 3.05) is 21.0 Å². The normalized spacial score (nSPS) is 25.8. The van der Waals surface area contributed by atoms with Gasteiger partial charge >= 0.3 is 0 Å². The van der Waals surface area contributed by atoms with Gasteiger partial charge in [0.1, 0.15) is 11.7 Å². The first-order valence-electron chi connectivity index (χ1n) is 7.63. The Morgan fingerprint density at radius 3 is 2.77 bits per heavy atom. The van der Waals surface area contributed by atoms with E-state index in [9.17, 15) is 0 Å². The highest BCUT2D eigenvalue weighted by Gasteiger charge is 2.36. The molecule has 2 aromatic carbocycles. The van der Waals surface area contributed by atoms with E-state index in [4.69, 9.17) is 14.2 Å². The number of hydrogen-bond donors (Lipinski definition) is 1. The van der Waals surface area contributed by atoms with Crippen molar-refractivity contribution < 1.29 is 19.1 Å². The summed E-state index contributed by atoms with van der Waals surface area (Å²) in [5, 5.41) is 0. The molecule has 0 aliphatic carbocycles. The maximum absolute atomic E-state index is 5.74. The summed E-state index contributed by atoms with van der Waals surface area (Å²) in [4.78, 5) is 1.39. The first kappa shape index (κ1) is 13.6. The van der Waals surface area contributed by atoms with Gasteiger partial charge in [0.15, 0.2) is 11.5 Å². The number of methoxy groups -OCH3 is 1. The highest BCUT2D eigenvalue weighted by molar-refractivity contribution is 5.47. The zero-order chi connectivity index (χ0) is 15.1. The SMILES string of the molecule is CO[C@H]1CC(c2ccc3c(c2)OCO3)[NH+](C)c2ccccc21. The summed E-state index contributed by atoms with van der Waals surface area (Å²) in [5.41, 5.74) is 3.86. The minimum absolute atomic E-state index is 0.135. The highest BCUT2D eigenvalue weighted by atomic mass is 16.7. The molecule has 2 aliphatic heterocycles. The second-order valence-corrected chi connectivity index (χ2v) is 5.90. The van der Waals surface area contributed by atoms with E-state index in [0.29, 0.717) is 12.8 Å². The zero-order valence-electron chi connectivity index (χ0n) is 12.8. The number of rotatable bonds is 2. The lowest BCUT2D eigenvalue weighted by Gasteiger charge is -2.35. The first-order valence-corrected chi connectivity index (χ1v) is 7.63. The average molecular weight is 298 g/mol. The van der Waals surface area contributed by atoms with Crippen LogP contribution in [0.2, 0.25) is 0 Å². The second-order valence-electron chi connectivity index (χ2n) is 5.90. The monoisotopic (exact) mass is 298 g/mol. The summed E-state index contributed by atoms with van der Waals surface area (Å²) < 4.78 is 16.7. The molecule has 0 spiro atoms. The molecule has 0 radical (unpaired) electrons. The predicted octanol–water partition coefficient (Wildman–Crippen LogP) is 2.39. The van der Waals surface area contributed by atoms with E-state index in [-0.39, 0.29) is 6.10 Å². The van der Waals surface area contributed by atoms with Crippen molar-refractivity contribution in [2.45, 2.75) is 18.6 Å². The van der Waals surface area contributed by atoms with Gasteiger partial charge in [-0.3, -0.25) is 4.90 Å². The van der Waals surface area contributed by atoms with E-state index in [1.807, 2.05) is 6.07 Å². The number of hydrogen-bond acceptors (Lipinski definition) is 3. The number of fused-ring (bicyclic) bond motifs is 2. The molecule has 0 amide bonds. The van der Waals surface area contributed by atoms with Gasteiger partial charge in [-0.05, 0) is 24.3 Å². The second kappa shape index (κ2) is 5.30.